The highest BCUT2D eigenvalue weighted by molar-refractivity contribution is 7.11. The van der Waals surface area contributed by atoms with Crippen LogP contribution in [-0.4, -0.2) is 38.9 Å². The second kappa shape index (κ2) is 5.95. The number of thiophene rings is 1. The van der Waals surface area contributed by atoms with E-state index in [4.69, 9.17) is 5.73 Å². The summed E-state index contributed by atoms with van der Waals surface area (Å²) >= 11 is 1.90. The third kappa shape index (κ3) is 3.14. The molecule has 0 bridgehead atoms. The van der Waals surface area contributed by atoms with Crippen LogP contribution in [0.25, 0.3) is 0 Å². The molecule has 1 aliphatic rings. The number of nitrogens with zero attached hydrogens (tertiary/aromatic N) is 4. The summed E-state index contributed by atoms with van der Waals surface area (Å²) in [6.07, 6.45) is 4.00. The Kier molecular flexibility index (Phi) is 4.03. The van der Waals surface area contributed by atoms with E-state index in [2.05, 4.69) is 34.3 Å². The summed E-state index contributed by atoms with van der Waals surface area (Å²) in [5.41, 5.74) is 5.41. The van der Waals surface area contributed by atoms with Crippen LogP contribution >= 0.6 is 11.3 Å². The van der Waals surface area contributed by atoms with Crippen LogP contribution in [0, 0.1) is 0 Å². The molecule has 2 aromatic rings. The van der Waals surface area contributed by atoms with Crippen molar-refractivity contribution in [2.45, 2.75) is 32.4 Å². The van der Waals surface area contributed by atoms with Gasteiger partial charge in [0.15, 0.2) is 5.69 Å². The molecule has 1 fully saturated rings. The molecule has 0 atom stereocenters. The second-order valence-electron chi connectivity index (χ2n) is 5.41. The topological polar surface area (TPSA) is 77.0 Å². The van der Waals surface area contributed by atoms with E-state index in [-0.39, 0.29) is 5.69 Å². The first-order valence-electron chi connectivity index (χ1n) is 7.17. The van der Waals surface area contributed by atoms with Crippen molar-refractivity contribution in [2.75, 3.05) is 13.1 Å². The van der Waals surface area contributed by atoms with E-state index in [1.807, 2.05) is 11.3 Å². The first-order chi connectivity index (χ1) is 10.2. The van der Waals surface area contributed by atoms with Crippen LogP contribution in [-0.2, 0) is 13.0 Å². The Morgan fingerprint density at radius 2 is 2.19 bits per heavy atom. The zero-order valence-electron chi connectivity index (χ0n) is 12.0. The highest BCUT2D eigenvalue weighted by Crippen LogP contribution is 2.26. The van der Waals surface area contributed by atoms with Gasteiger partial charge in [-0.1, -0.05) is 18.6 Å². The number of amides is 1. The molecule has 3 heterocycles. The molecule has 1 aliphatic heterocycles. The Hall–Kier alpha value is -1.73. The van der Waals surface area contributed by atoms with Crippen molar-refractivity contribution in [1.82, 2.24) is 19.9 Å². The standard InChI is InChI=1S/C14H19N5OS/c1-2-3-11-4-5-12(21-11)8-18-6-10(7-18)19-9-13(14(15)20)16-17-19/h4-5,9-10H,2-3,6-8H2,1H3,(H2,15,20). The van der Waals surface area contributed by atoms with Crippen LogP contribution in [0.1, 0.15) is 39.6 Å². The van der Waals surface area contributed by atoms with E-state index in [0.29, 0.717) is 6.04 Å². The second-order valence-corrected chi connectivity index (χ2v) is 6.67. The van der Waals surface area contributed by atoms with Crippen molar-refractivity contribution in [3.05, 3.63) is 33.8 Å². The van der Waals surface area contributed by atoms with Crippen molar-refractivity contribution in [2.24, 2.45) is 5.73 Å². The number of carbonyl (C=O) groups excluding carboxylic acids is 1. The van der Waals surface area contributed by atoms with Gasteiger partial charge >= 0.3 is 0 Å². The highest BCUT2D eigenvalue weighted by Gasteiger charge is 2.29. The maximum Gasteiger partial charge on any atom is 0.270 e. The number of rotatable bonds is 6. The highest BCUT2D eigenvalue weighted by atomic mass is 32.1. The van der Waals surface area contributed by atoms with Gasteiger partial charge in [0.2, 0.25) is 0 Å². The van der Waals surface area contributed by atoms with Crippen molar-refractivity contribution in [1.29, 1.82) is 0 Å². The van der Waals surface area contributed by atoms with Gasteiger partial charge in [-0.3, -0.25) is 9.69 Å². The predicted molar refractivity (Wildman–Crippen MR) is 81.2 cm³/mol. The quantitative estimate of drug-likeness (QED) is 0.876. The van der Waals surface area contributed by atoms with Gasteiger partial charge in [-0.2, -0.15) is 0 Å². The molecule has 1 saturated heterocycles. The molecule has 7 heteroatoms. The smallest absolute Gasteiger partial charge is 0.270 e. The minimum absolute atomic E-state index is 0.232. The third-order valence-electron chi connectivity index (χ3n) is 3.67. The Morgan fingerprint density at radius 1 is 1.43 bits per heavy atom. The molecular weight excluding hydrogens is 286 g/mol. The zero-order chi connectivity index (χ0) is 14.8. The lowest BCUT2D eigenvalue weighted by Gasteiger charge is -2.38. The normalized spacial score (nSPS) is 16.0. The fourth-order valence-corrected chi connectivity index (χ4v) is 3.68. The van der Waals surface area contributed by atoms with Gasteiger partial charge in [0.05, 0.1) is 12.2 Å². The number of likely N-dealkylation sites (tertiary alicyclic amines) is 1. The Balaban J connectivity index is 1.51. The molecule has 0 radical (unpaired) electrons. The number of hydrogen-bond acceptors (Lipinski definition) is 5. The zero-order valence-corrected chi connectivity index (χ0v) is 12.8. The molecule has 112 valence electrons. The van der Waals surface area contributed by atoms with E-state index in [1.54, 1.807) is 10.9 Å². The first-order valence-corrected chi connectivity index (χ1v) is 7.99. The van der Waals surface area contributed by atoms with Crippen molar-refractivity contribution in [3.8, 4) is 0 Å². The summed E-state index contributed by atoms with van der Waals surface area (Å²) in [6, 6.07) is 4.75. The summed E-state index contributed by atoms with van der Waals surface area (Å²) in [4.78, 5) is 16.2. The summed E-state index contributed by atoms with van der Waals surface area (Å²) in [6.45, 7) is 5.06. The minimum Gasteiger partial charge on any atom is -0.364 e. The molecule has 6 nitrogen and oxygen atoms in total. The molecule has 2 aromatic heterocycles. The monoisotopic (exact) mass is 305 g/mol. The molecule has 2 N–H and O–H groups in total. The van der Waals surface area contributed by atoms with Crippen LogP contribution in [0.5, 0.6) is 0 Å². The van der Waals surface area contributed by atoms with Crippen LogP contribution in [0.15, 0.2) is 18.3 Å². The lowest BCUT2D eigenvalue weighted by Crippen LogP contribution is -2.47. The summed E-state index contributed by atoms with van der Waals surface area (Å²) in [5, 5.41) is 7.74. The van der Waals surface area contributed by atoms with Crippen molar-refractivity contribution < 1.29 is 4.79 Å². The molecule has 21 heavy (non-hydrogen) atoms. The van der Waals surface area contributed by atoms with Crippen LogP contribution in [0.4, 0.5) is 0 Å². The first kappa shape index (κ1) is 14.2. The summed E-state index contributed by atoms with van der Waals surface area (Å²) in [7, 11) is 0. The average molecular weight is 305 g/mol. The lowest BCUT2D eigenvalue weighted by molar-refractivity contribution is 0.0906. The molecule has 0 unspecified atom stereocenters. The average Bonchev–Trinajstić information content (AvgIpc) is 3.02. The number of aryl methyl sites for hydroxylation is 1. The molecule has 0 saturated carbocycles. The van der Waals surface area contributed by atoms with Crippen LogP contribution in [0.2, 0.25) is 0 Å². The molecule has 0 aliphatic carbocycles. The molecule has 0 aromatic carbocycles. The minimum atomic E-state index is -0.528. The van der Waals surface area contributed by atoms with Crippen molar-refractivity contribution >= 4 is 17.2 Å². The van der Waals surface area contributed by atoms with E-state index in [0.717, 1.165) is 19.6 Å². The number of carbonyl (C=O) groups is 1. The fourth-order valence-electron chi connectivity index (χ4n) is 2.52. The van der Waals surface area contributed by atoms with Crippen molar-refractivity contribution in [3.63, 3.8) is 0 Å². The van der Waals surface area contributed by atoms with E-state index < -0.39 is 5.91 Å². The third-order valence-corrected chi connectivity index (χ3v) is 4.80. The van der Waals surface area contributed by atoms with Gasteiger partial charge in [0.25, 0.3) is 5.91 Å². The van der Waals surface area contributed by atoms with E-state index >= 15 is 0 Å². The summed E-state index contributed by atoms with van der Waals surface area (Å²) in [5.74, 6) is -0.528. The van der Waals surface area contributed by atoms with Gasteiger partial charge in [0, 0.05) is 29.4 Å². The maximum absolute atomic E-state index is 11.0. The van der Waals surface area contributed by atoms with Gasteiger partial charge in [-0.15, -0.1) is 16.4 Å². The fraction of sp³-hybridized carbons (Fsp3) is 0.500. The number of aromatic nitrogens is 3. The largest absolute Gasteiger partial charge is 0.364 e. The molecule has 1 amide bonds. The van der Waals surface area contributed by atoms with Crippen LogP contribution in [0.3, 0.4) is 0 Å². The van der Waals surface area contributed by atoms with Gasteiger partial charge in [-0.05, 0) is 18.6 Å². The predicted octanol–water partition coefficient (Wildman–Crippen LogP) is 1.45. The number of primary amides is 1. The van der Waals surface area contributed by atoms with E-state index in [1.165, 1.54) is 22.6 Å². The number of nitrogens with two attached hydrogens (primary N) is 1. The van der Waals surface area contributed by atoms with Gasteiger partial charge in [0.1, 0.15) is 0 Å². The Morgan fingerprint density at radius 3 is 2.86 bits per heavy atom. The van der Waals surface area contributed by atoms with Gasteiger partial charge < -0.3 is 5.73 Å². The molecule has 3 rings (SSSR count). The van der Waals surface area contributed by atoms with Gasteiger partial charge in [-0.25, -0.2) is 4.68 Å². The Labute approximate surface area is 127 Å². The van der Waals surface area contributed by atoms with E-state index in [9.17, 15) is 4.79 Å². The number of hydrogen-bond donors (Lipinski definition) is 1. The van der Waals surface area contributed by atoms with Crippen LogP contribution < -0.4 is 5.73 Å². The molecular formula is C14H19N5OS. The SMILES string of the molecule is CCCc1ccc(CN2CC(n3cc(C(N)=O)nn3)C2)s1. The lowest BCUT2D eigenvalue weighted by atomic mass is 10.1. The maximum atomic E-state index is 11.0. The molecule has 0 spiro atoms. The Bertz CT molecular complexity index is 629. The summed E-state index contributed by atoms with van der Waals surface area (Å²) < 4.78 is 1.74.